The third kappa shape index (κ3) is 3.27. The van der Waals surface area contributed by atoms with Crippen molar-refractivity contribution in [2.75, 3.05) is 5.32 Å². The molecule has 0 saturated heterocycles. The van der Waals surface area contributed by atoms with Crippen LogP contribution in [0.25, 0.3) is 27.7 Å². The monoisotopic (exact) mass is 356 g/mol. The predicted octanol–water partition coefficient (Wildman–Crippen LogP) is 4.80. The predicted molar refractivity (Wildman–Crippen MR) is 109 cm³/mol. The molecule has 1 heterocycles. The van der Waals surface area contributed by atoms with Crippen molar-refractivity contribution in [3.8, 4) is 16.9 Å². The molecule has 4 rings (SSSR count). The molecule has 0 aliphatic rings. The number of nitrogens with one attached hydrogen (secondary N) is 1. The lowest BCUT2D eigenvalue weighted by Crippen LogP contribution is -2.19. The van der Waals surface area contributed by atoms with Crippen LogP contribution in [-0.4, -0.2) is 15.8 Å². The minimum absolute atomic E-state index is 0.579. The fourth-order valence-corrected chi connectivity index (χ4v) is 3.39. The highest BCUT2D eigenvalue weighted by molar-refractivity contribution is 5.97. The molecule has 0 aliphatic carbocycles. The maximum Gasteiger partial charge on any atom is 0.316 e. The lowest BCUT2D eigenvalue weighted by atomic mass is 9.99. The summed E-state index contributed by atoms with van der Waals surface area (Å²) >= 11 is 0. The average molecular weight is 356 g/mol. The number of carbonyl (C=O) groups is 1. The SMILES string of the molecule is Cc1cc(-c2cc(C)nn2-c2ccc(NC(N)=O)cc2)c2ccccc2c1. The van der Waals surface area contributed by atoms with Gasteiger partial charge < -0.3 is 11.1 Å². The lowest BCUT2D eigenvalue weighted by Gasteiger charge is -2.12. The van der Waals surface area contributed by atoms with Crippen LogP contribution in [-0.2, 0) is 0 Å². The summed E-state index contributed by atoms with van der Waals surface area (Å²) in [7, 11) is 0. The molecular formula is C22H20N4O. The third-order valence-electron chi connectivity index (χ3n) is 4.49. The number of amides is 2. The van der Waals surface area contributed by atoms with Crippen molar-refractivity contribution < 1.29 is 4.79 Å². The Kier molecular flexibility index (Phi) is 4.12. The molecule has 134 valence electrons. The number of aryl methyl sites for hydroxylation is 2. The topological polar surface area (TPSA) is 72.9 Å². The summed E-state index contributed by atoms with van der Waals surface area (Å²) in [5.41, 5.74) is 11.1. The molecule has 0 saturated carbocycles. The zero-order valence-corrected chi connectivity index (χ0v) is 15.2. The number of urea groups is 1. The Balaban J connectivity index is 1.86. The van der Waals surface area contributed by atoms with Gasteiger partial charge in [-0.1, -0.05) is 30.3 Å². The summed E-state index contributed by atoms with van der Waals surface area (Å²) in [6, 6.07) is 21.7. The fourth-order valence-electron chi connectivity index (χ4n) is 3.39. The number of primary amides is 1. The van der Waals surface area contributed by atoms with Crippen molar-refractivity contribution in [1.82, 2.24) is 9.78 Å². The van der Waals surface area contributed by atoms with Crippen molar-refractivity contribution in [1.29, 1.82) is 0 Å². The van der Waals surface area contributed by atoms with E-state index in [2.05, 4.69) is 59.8 Å². The Hall–Kier alpha value is -3.60. The second kappa shape index (κ2) is 6.61. The maximum atomic E-state index is 11.0. The van der Waals surface area contributed by atoms with E-state index in [1.165, 1.54) is 16.3 Å². The van der Waals surface area contributed by atoms with Crippen molar-refractivity contribution in [2.45, 2.75) is 13.8 Å². The van der Waals surface area contributed by atoms with Crippen LogP contribution in [0.2, 0.25) is 0 Å². The molecule has 4 aromatic rings. The van der Waals surface area contributed by atoms with Gasteiger partial charge in [0, 0.05) is 11.3 Å². The number of benzene rings is 3. The Morgan fingerprint density at radius 1 is 1.00 bits per heavy atom. The molecule has 27 heavy (non-hydrogen) atoms. The summed E-state index contributed by atoms with van der Waals surface area (Å²) in [5.74, 6) is 0. The largest absolute Gasteiger partial charge is 0.351 e. The first-order chi connectivity index (χ1) is 13.0. The number of fused-ring (bicyclic) bond motifs is 1. The van der Waals surface area contributed by atoms with Gasteiger partial charge in [0.05, 0.1) is 17.1 Å². The summed E-state index contributed by atoms with van der Waals surface area (Å²) in [5, 5.41) is 9.66. The lowest BCUT2D eigenvalue weighted by molar-refractivity contribution is 0.259. The van der Waals surface area contributed by atoms with Gasteiger partial charge >= 0.3 is 6.03 Å². The quantitative estimate of drug-likeness (QED) is 0.553. The highest BCUT2D eigenvalue weighted by atomic mass is 16.2. The smallest absolute Gasteiger partial charge is 0.316 e. The van der Waals surface area contributed by atoms with E-state index in [4.69, 9.17) is 5.73 Å². The van der Waals surface area contributed by atoms with E-state index in [1.54, 1.807) is 0 Å². The van der Waals surface area contributed by atoms with Crippen LogP contribution < -0.4 is 11.1 Å². The van der Waals surface area contributed by atoms with Crippen LogP contribution in [0.1, 0.15) is 11.3 Å². The van der Waals surface area contributed by atoms with Crippen LogP contribution in [0.3, 0.4) is 0 Å². The van der Waals surface area contributed by atoms with Gasteiger partial charge in [-0.25, -0.2) is 9.48 Å². The van der Waals surface area contributed by atoms with Gasteiger partial charge in [-0.05, 0) is 66.6 Å². The Labute approximate surface area is 157 Å². The van der Waals surface area contributed by atoms with Crippen molar-refractivity contribution in [3.63, 3.8) is 0 Å². The minimum atomic E-state index is -0.579. The van der Waals surface area contributed by atoms with Gasteiger partial charge in [-0.15, -0.1) is 0 Å². The minimum Gasteiger partial charge on any atom is -0.351 e. The zero-order valence-electron chi connectivity index (χ0n) is 15.2. The highest BCUT2D eigenvalue weighted by Crippen LogP contribution is 2.32. The van der Waals surface area contributed by atoms with Gasteiger partial charge in [0.1, 0.15) is 0 Å². The van der Waals surface area contributed by atoms with E-state index in [0.29, 0.717) is 5.69 Å². The Bertz CT molecular complexity index is 1140. The molecule has 0 radical (unpaired) electrons. The second-order valence-electron chi connectivity index (χ2n) is 6.65. The van der Waals surface area contributed by atoms with Crippen molar-refractivity contribution >= 4 is 22.5 Å². The summed E-state index contributed by atoms with van der Waals surface area (Å²) in [6.07, 6.45) is 0. The molecule has 0 spiro atoms. The first-order valence-electron chi connectivity index (χ1n) is 8.74. The van der Waals surface area contributed by atoms with Crippen molar-refractivity contribution in [3.05, 3.63) is 78.0 Å². The van der Waals surface area contributed by atoms with Crippen LogP contribution in [0.15, 0.2) is 66.7 Å². The first kappa shape index (κ1) is 16.8. The van der Waals surface area contributed by atoms with Crippen molar-refractivity contribution in [2.24, 2.45) is 5.73 Å². The second-order valence-corrected chi connectivity index (χ2v) is 6.65. The first-order valence-corrected chi connectivity index (χ1v) is 8.74. The Morgan fingerprint density at radius 2 is 1.74 bits per heavy atom. The number of carbonyl (C=O) groups excluding carboxylic acids is 1. The number of nitrogens with two attached hydrogens (primary N) is 1. The molecule has 2 amide bonds. The number of hydrogen-bond donors (Lipinski definition) is 2. The third-order valence-corrected chi connectivity index (χ3v) is 4.49. The van der Waals surface area contributed by atoms with Gasteiger partial charge in [-0.2, -0.15) is 5.10 Å². The fraction of sp³-hybridized carbons (Fsp3) is 0.0909. The molecule has 0 fully saturated rings. The zero-order chi connectivity index (χ0) is 19.0. The van der Waals surface area contributed by atoms with E-state index in [1.807, 2.05) is 35.9 Å². The summed E-state index contributed by atoms with van der Waals surface area (Å²) < 4.78 is 1.94. The number of nitrogens with zero attached hydrogens (tertiary/aromatic N) is 2. The molecule has 3 aromatic carbocycles. The molecule has 5 nitrogen and oxygen atoms in total. The van der Waals surface area contributed by atoms with E-state index in [0.717, 1.165) is 22.6 Å². The molecule has 0 atom stereocenters. The molecule has 0 unspecified atom stereocenters. The summed E-state index contributed by atoms with van der Waals surface area (Å²) in [6.45, 7) is 4.09. The van der Waals surface area contributed by atoms with Gasteiger partial charge in [0.2, 0.25) is 0 Å². The number of anilines is 1. The van der Waals surface area contributed by atoms with E-state index in [-0.39, 0.29) is 0 Å². The number of hydrogen-bond acceptors (Lipinski definition) is 2. The average Bonchev–Trinajstić information content (AvgIpc) is 3.02. The van der Waals surface area contributed by atoms with E-state index >= 15 is 0 Å². The number of rotatable bonds is 3. The van der Waals surface area contributed by atoms with Crippen LogP contribution >= 0.6 is 0 Å². The van der Waals surface area contributed by atoms with E-state index in [9.17, 15) is 4.79 Å². The van der Waals surface area contributed by atoms with Crippen LogP contribution in [0.5, 0.6) is 0 Å². The molecule has 3 N–H and O–H groups in total. The molecular weight excluding hydrogens is 336 g/mol. The van der Waals surface area contributed by atoms with Crippen LogP contribution in [0.4, 0.5) is 10.5 Å². The van der Waals surface area contributed by atoms with Gasteiger partial charge in [0.15, 0.2) is 0 Å². The molecule has 1 aromatic heterocycles. The van der Waals surface area contributed by atoms with Crippen LogP contribution in [0, 0.1) is 13.8 Å². The van der Waals surface area contributed by atoms with Gasteiger partial charge in [0.25, 0.3) is 0 Å². The highest BCUT2D eigenvalue weighted by Gasteiger charge is 2.13. The molecule has 5 heteroatoms. The Morgan fingerprint density at radius 3 is 2.48 bits per heavy atom. The van der Waals surface area contributed by atoms with E-state index < -0.39 is 6.03 Å². The number of aromatic nitrogens is 2. The standard InChI is InChI=1S/C22H20N4O/c1-14-11-16-5-3-4-6-19(16)20(12-14)21-13-15(2)25-26(21)18-9-7-17(8-10-18)24-22(23)27/h3-13H,1-2H3,(H3,23,24,27). The maximum absolute atomic E-state index is 11.0. The summed E-state index contributed by atoms with van der Waals surface area (Å²) in [4.78, 5) is 11.0. The van der Waals surface area contributed by atoms with Gasteiger partial charge in [-0.3, -0.25) is 0 Å². The molecule has 0 bridgehead atoms. The molecule has 0 aliphatic heterocycles. The normalized spacial score (nSPS) is 10.9.